The molecule has 0 amide bonds. The first-order chi connectivity index (χ1) is 10.8. The van der Waals surface area contributed by atoms with Gasteiger partial charge in [0.1, 0.15) is 17.3 Å². The van der Waals surface area contributed by atoms with Gasteiger partial charge < -0.3 is 19.0 Å². The molecule has 2 heterocycles. The number of allylic oxidation sites excluding steroid dienone is 1. The highest BCUT2D eigenvalue weighted by molar-refractivity contribution is 5.77. The molecule has 114 valence electrons. The van der Waals surface area contributed by atoms with E-state index in [4.69, 9.17) is 14.1 Å². The van der Waals surface area contributed by atoms with Gasteiger partial charge in [-0.15, -0.1) is 6.58 Å². The van der Waals surface area contributed by atoms with Crippen LogP contribution in [0.1, 0.15) is 11.6 Å². The summed E-state index contributed by atoms with van der Waals surface area (Å²) in [5.41, 5.74) is 2.01. The summed E-state index contributed by atoms with van der Waals surface area (Å²) in [4.78, 5) is 4.70. The summed E-state index contributed by atoms with van der Waals surface area (Å²) in [6, 6.07) is 9.76. The van der Waals surface area contributed by atoms with Crippen molar-refractivity contribution >= 4 is 11.0 Å². The number of hydrogen-bond donors (Lipinski definition) is 1. The predicted octanol–water partition coefficient (Wildman–Crippen LogP) is 3.11. The van der Waals surface area contributed by atoms with E-state index in [1.807, 2.05) is 36.4 Å². The molecule has 1 aromatic carbocycles. The van der Waals surface area contributed by atoms with Crippen molar-refractivity contribution < 1.29 is 9.15 Å². The summed E-state index contributed by atoms with van der Waals surface area (Å²) < 4.78 is 12.7. The van der Waals surface area contributed by atoms with Gasteiger partial charge in [0.2, 0.25) is 0 Å². The van der Waals surface area contributed by atoms with Crippen LogP contribution in [0.3, 0.4) is 0 Å². The van der Waals surface area contributed by atoms with Crippen LogP contribution in [0, 0.1) is 0 Å². The SMILES string of the molecule is C=CCn1c(CNCc2ccco2)nc2cc(OC)ccc21. The number of hydrogen-bond acceptors (Lipinski definition) is 4. The summed E-state index contributed by atoms with van der Waals surface area (Å²) in [5.74, 6) is 2.69. The molecule has 0 bridgehead atoms. The first kappa shape index (κ1) is 14.4. The number of benzene rings is 1. The normalized spacial score (nSPS) is 11.0. The van der Waals surface area contributed by atoms with E-state index in [1.165, 1.54) is 0 Å². The van der Waals surface area contributed by atoms with Gasteiger partial charge in [-0.2, -0.15) is 0 Å². The maximum atomic E-state index is 5.32. The first-order valence-electron chi connectivity index (χ1n) is 7.19. The minimum Gasteiger partial charge on any atom is -0.497 e. The quantitative estimate of drug-likeness (QED) is 0.681. The monoisotopic (exact) mass is 297 g/mol. The largest absolute Gasteiger partial charge is 0.497 e. The number of nitrogens with one attached hydrogen (secondary N) is 1. The summed E-state index contributed by atoms with van der Waals surface area (Å²) in [6.07, 6.45) is 3.55. The molecule has 0 aliphatic heterocycles. The fraction of sp³-hybridized carbons (Fsp3) is 0.235. The van der Waals surface area contributed by atoms with Gasteiger partial charge in [-0.3, -0.25) is 0 Å². The summed E-state index contributed by atoms with van der Waals surface area (Å²) in [5, 5.41) is 3.35. The van der Waals surface area contributed by atoms with Crippen molar-refractivity contribution in [3.63, 3.8) is 0 Å². The number of furan rings is 1. The molecule has 5 nitrogen and oxygen atoms in total. The van der Waals surface area contributed by atoms with Crippen molar-refractivity contribution in [3.8, 4) is 5.75 Å². The smallest absolute Gasteiger partial charge is 0.124 e. The second-order valence-corrected chi connectivity index (χ2v) is 4.96. The molecule has 0 unspecified atom stereocenters. The summed E-state index contributed by atoms with van der Waals surface area (Å²) >= 11 is 0. The first-order valence-corrected chi connectivity index (χ1v) is 7.19. The van der Waals surface area contributed by atoms with E-state index in [1.54, 1.807) is 13.4 Å². The van der Waals surface area contributed by atoms with E-state index in [0.717, 1.165) is 34.9 Å². The Balaban J connectivity index is 1.83. The van der Waals surface area contributed by atoms with Crippen molar-refractivity contribution in [2.75, 3.05) is 7.11 Å². The number of imidazole rings is 1. The van der Waals surface area contributed by atoms with E-state index in [2.05, 4.69) is 16.5 Å². The minimum atomic E-state index is 0.658. The maximum Gasteiger partial charge on any atom is 0.124 e. The van der Waals surface area contributed by atoms with Crippen molar-refractivity contribution in [2.24, 2.45) is 0 Å². The maximum absolute atomic E-state index is 5.32. The number of aromatic nitrogens is 2. The summed E-state index contributed by atoms with van der Waals surface area (Å²) in [7, 11) is 1.66. The molecule has 0 spiro atoms. The highest BCUT2D eigenvalue weighted by atomic mass is 16.5. The van der Waals surface area contributed by atoms with Gasteiger partial charge in [-0.1, -0.05) is 6.08 Å². The van der Waals surface area contributed by atoms with Crippen LogP contribution in [0.15, 0.2) is 53.7 Å². The number of ether oxygens (including phenoxy) is 1. The van der Waals surface area contributed by atoms with Gasteiger partial charge in [-0.25, -0.2) is 4.98 Å². The van der Waals surface area contributed by atoms with Gasteiger partial charge in [0.25, 0.3) is 0 Å². The van der Waals surface area contributed by atoms with Crippen LogP contribution in [-0.4, -0.2) is 16.7 Å². The van der Waals surface area contributed by atoms with E-state index in [9.17, 15) is 0 Å². The fourth-order valence-electron chi connectivity index (χ4n) is 2.46. The van der Waals surface area contributed by atoms with E-state index < -0.39 is 0 Å². The molecule has 0 aliphatic rings. The molecule has 2 aromatic heterocycles. The zero-order valence-corrected chi connectivity index (χ0v) is 12.6. The van der Waals surface area contributed by atoms with Gasteiger partial charge in [0.15, 0.2) is 0 Å². The Kier molecular flexibility index (Phi) is 4.25. The molecular formula is C17H19N3O2. The molecule has 5 heteroatoms. The molecule has 0 fully saturated rings. The second-order valence-electron chi connectivity index (χ2n) is 4.96. The Bertz CT molecular complexity index is 760. The molecule has 3 aromatic rings. The highest BCUT2D eigenvalue weighted by Gasteiger charge is 2.10. The standard InChI is InChI=1S/C17H19N3O2/c1-3-8-20-16-7-6-13(21-2)10-15(16)19-17(20)12-18-11-14-5-4-9-22-14/h3-7,9-10,18H,1,8,11-12H2,2H3. The van der Waals surface area contributed by atoms with Gasteiger partial charge in [0, 0.05) is 12.6 Å². The Morgan fingerprint density at radius 1 is 1.36 bits per heavy atom. The molecule has 1 N–H and O–H groups in total. The fourth-order valence-corrected chi connectivity index (χ4v) is 2.46. The van der Waals surface area contributed by atoms with Crippen LogP contribution in [0.4, 0.5) is 0 Å². The zero-order valence-electron chi connectivity index (χ0n) is 12.6. The molecule has 22 heavy (non-hydrogen) atoms. The Morgan fingerprint density at radius 2 is 2.27 bits per heavy atom. The predicted molar refractivity (Wildman–Crippen MR) is 85.7 cm³/mol. The topological polar surface area (TPSA) is 52.2 Å². The number of methoxy groups -OCH3 is 1. The van der Waals surface area contributed by atoms with Crippen LogP contribution >= 0.6 is 0 Å². The molecule has 0 saturated heterocycles. The van der Waals surface area contributed by atoms with Crippen molar-refractivity contribution in [1.29, 1.82) is 0 Å². The van der Waals surface area contributed by atoms with E-state index >= 15 is 0 Å². The third kappa shape index (κ3) is 2.89. The average molecular weight is 297 g/mol. The van der Waals surface area contributed by atoms with Crippen molar-refractivity contribution in [2.45, 2.75) is 19.6 Å². The zero-order chi connectivity index (χ0) is 15.4. The van der Waals surface area contributed by atoms with Gasteiger partial charge in [0.05, 0.1) is 37.5 Å². The van der Waals surface area contributed by atoms with Gasteiger partial charge >= 0.3 is 0 Å². The van der Waals surface area contributed by atoms with Crippen molar-refractivity contribution in [3.05, 3.63) is 60.8 Å². The minimum absolute atomic E-state index is 0.658. The Hall–Kier alpha value is -2.53. The van der Waals surface area contributed by atoms with Crippen LogP contribution < -0.4 is 10.1 Å². The average Bonchev–Trinajstić information content (AvgIpc) is 3.16. The van der Waals surface area contributed by atoms with E-state index in [-0.39, 0.29) is 0 Å². The second kappa shape index (κ2) is 6.49. The van der Waals surface area contributed by atoms with Crippen LogP contribution in [0.5, 0.6) is 5.75 Å². The summed E-state index contributed by atoms with van der Waals surface area (Å²) in [6.45, 7) is 5.88. The lowest BCUT2D eigenvalue weighted by molar-refractivity contribution is 0.415. The third-order valence-electron chi connectivity index (χ3n) is 3.51. The van der Waals surface area contributed by atoms with Crippen LogP contribution in [0.25, 0.3) is 11.0 Å². The van der Waals surface area contributed by atoms with Crippen LogP contribution in [0.2, 0.25) is 0 Å². The van der Waals surface area contributed by atoms with E-state index in [0.29, 0.717) is 13.1 Å². The van der Waals surface area contributed by atoms with Crippen LogP contribution in [-0.2, 0) is 19.6 Å². The molecular weight excluding hydrogens is 278 g/mol. The van der Waals surface area contributed by atoms with Crippen molar-refractivity contribution in [1.82, 2.24) is 14.9 Å². The number of rotatable bonds is 7. The lowest BCUT2D eigenvalue weighted by Crippen LogP contribution is -2.16. The number of fused-ring (bicyclic) bond motifs is 1. The Labute approximate surface area is 129 Å². The molecule has 0 atom stereocenters. The molecule has 0 aliphatic carbocycles. The highest BCUT2D eigenvalue weighted by Crippen LogP contribution is 2.22. The lowest BCUT2D eigenvalue weighted by atomic mass is 10.3. The number of nitrogens with zero attached hydrogens (tertiary/aromatic N) is 2. The molecule has 3 rings (SSSR count). The molecule has 0 radical (unpaired) electrons. The Morgan fingerprint density at radius 3 is 3.00 bits per heavy atom. The molecule has 0 saturated carbocycles. The third-order valence-corrected chi connectivity index (χ3v) is 3.51. The van der Waals surface area contributed by atoms with Gasteiger partial charge in [-0.05, 0) is 24.3 Å². The lowest BCUT2D eigenvalue weighted by Gasteiger charge is -2.07.